The lowest BCUT2D eigenvalue weighted by Gasteiger charge is -2.01. The van der Waals surface area contributed by atoms with Gasteiger partial charge in [0, 0.05) is 0 Å². The largest absolute Gasteiger partial charge is 0.355 e. The summed E-state index contributed by atoms with van der Waals surface area (Å²) in [6, 6.07) is 11.6. The summed E-state index contributed by atoms with van der Waals surface area (Å²) in [6.45, 7) is 0. The summed E-state index contributed by atoms with van der Waals surface area (Å²) in [5.74, 6) is 0. The summed E-state index contributed by atoms with van der Waals surface area (Å²) >= 11 is 8.66. The molecule has 112 valence electrons. The summed E-state index contributed by atoms with van der Waals surface area (Å²) in [6.07, 6.45) is 0. The van der Waals surface area contributed by atoms with Gasteiger partial charge in [0.15, 0.2) is 0 Å². The molecule has 0 amide bonds. The summed E-state index contributed by atoms with van der Waals surface area (Å²) in [4.78, 5) is 0. The average molecular weight is 330 g/mol. The van der Waals surface area contributed by atoms with Crippen LogP contribution < -0.4 is 21.3 Å². The van der Waals surface area contributed by atoms with Crippen LogP contribution in [0, 0.1) is 0 Å². The van der Waals surface area contributed by atoms with Crippen molar-refractivity contribution in [1.29, 1.82) is 0 Å². The minimum Gasteiger partial charge on any atom is -0.355 e. The van der Waals surface area contributed by atoms with E-state index in [0.29, 0.717) is 0 Å². The maximum absolute atomic E-state index is 4.33. The second kappa shape index (κ2) is 5.29. The lowest BCUT2D eigenvalue weighted by Crippen LogP contribution is -2.12. The van der Waals surface area contributed by atoms with Crippen molar-refractivity contribution in [2.24, 2.45) is 10.2 Å². The van der Waals surface area contributed by atoms with E-state index in [-0.39, 0.29) is 11.0 Å². The third-order valence-electron chi connectivity index (χ3n) is 3.46. The van der Waals surface area contributed by atoms with Crippen molar-refractivity contribution < 1.29 is 0 Å². The van der Waals surface area contributed by atoms with Gasteiger partial charge in [-0.1, -0.05) is 0 Å². The molecule has 8 heteroatoms. The first-order valence-electron chi connectivity index (χ1n) is 6.79. The lowest BCUT2D eigenvalue weighted by atomic mass is 10.2. The number of thiol groups is 2. The predicted octanol–water partition coefficient (Wildman–Crippen LogP) is 4.20. The SMILES string of the molecule is SC1Nc2ccc(N=Nc3ccc4c(c3)NC(S)N4)cc2N1. The maximum Gasteiger partial charge on any atom is 0.143 e. The van der Waals surface area contributed by atoms with Crippen molar-refractivity contribution in [3.05, 3.63) is 36.4 Å². The molecule has 2 aliphatic heterocycles. The third-order valence-corrected chi connectivity index (χ3v) is 3.97. The Balaban J connectivity index is 1.56. The van der Waals surface area contributed by atoms with Crippen LogP contribution in [0.25, 0.3) is 0 Å². The van der Waals surface area contributed by atoms with Gasteiger partial charge in [0.25, 0.3) is 0 Å². The molecular weight excluding hydrogens is 316 g/mol. The van der Waals surface area contributed by atoms with Crippen molar-refractivity contribution in [2.75, 3.05) is 21.3 Å². The Bertz CT molecular complexity index is 699. The standard InChI is InChI=1S/C14H14N6S2/c21-13-15-9-3-1-7(5-11(9)17-13)19-20-8-2-4-10-12(6-8)18-14(22)16-10/h1-6,13-18,21-22H. The van der Waals surface area contributed by atoms with Gasteiger partial charge in [0.1, 0.15) is 11.0 Å². The molecule has 2 heterocycles. The van der Waals surface area contributed by atoms with E-state index in [1.807, 2.05) is 36.4 Å². The molecule has 4 rings (SSSR count). The first kappa shape index (κ1) is 13.6. The van der Waals surface area contributed by atoms with Crippen molar-refractivity contribution in [3.63, 3.8) is 0 Å². The van der Waals surface area contributed by atoms with Crippen LogP contribution in [-0.2, 0) is 0 Å². The summed E-state index contributed by atoms with van der Waals surface area (Å²) in [7, 11) is 0. The molecular formula is C14H14N6S2. The second-order valence-electron chi connectivity index (χ2n) is 5.04. The molecule has 0 saturated carbocycles. The molecule has 2 aliphatic rings. The lowest BCUT2D eigenvalue weighted by molar-refractivity contribution is 1.22. The first-order valence-corrected chi connectivity index (χ1v) is 7.83. The number of nitrogens with zero attached hydrogens (tertiary/aromatic N) is 2. The zero-order valence-electron chi connectivity index (χ0n) is 11.4. The van der Waals surface area contributed by atoms with Gasteiger partial charge in [-0.3, -0.25) is 0 Å². The van der Waals surface area contributed by atoms with E-state index >= 15 is 0 Å². The van der Waals surface area contributed by atoms with E-state index in [1.165, 1.54) is 0 Å². The van der Waals surface area contributed by atoms with Crippen LogP contribution in [0.5, 0.6) is 0 Å². The van der Waals surface area contributed by atoms with Gasteiger partial charge in [0.05, 0.1) is 34.1 Å². The van der Waals surface area contributed by atoms with Crippen LogP contribution in [0.3, 0.4) is 0 Å². The average Bonchev–Trinajstić information content (AvgIpc) is 3.04. The maximum atomic E-state index is 4.33. The number of rotatable bonds is 2. The second-order valence-corrected chi connectivity index (χ2v) is 6.07. The summed E-state index contributed by atoms with van der Waals surface area (Å²) in [5.41, 5.74) is 5.45. The third kappa shape index (κ3) is 2.55. The smallest absolute Gasteiger partial charge is 0.143 e. The topological polar surface area (TPSA) is 72.8 Å². The zero-order chi connectivity index (χ0) is 15.1. The van der Waals surface area contributed by atoms with E-state index < -0.39 is 0 Å². The molecule has 4 N–H and O–H groups in total. The molecule has 0 saturated heterocycles. The van der Waals surface area contributed by atoms with Crippen molar-refractivity contribution in [2.45, 2.75) is 11.0 Å². The van der Waals surface area contributed by atoms with Crippen LogP contribution in [0.4, 0.5) is 34.1 Å². The highest BCUT2D eigenvalue weighted by Crippen LogP contribution is 2.36. The van der Waals surface area contributed by atoms with Gasteiger partial charge >= 0.3 is 0 Å². The molecule has 0 spiro atoms. The molecule has 22 heavy (non-hydrogen) atoms. The van der Waals surface area contributed by atoms with E-state index in [1.54, 1.807) is 0 Å². The van der Waals surface area contributed by atoms with Crippen LogP contribution in [0.15, 0.2) is 46.6 Å². The Morgan fingerprint density at radius 3 is 1.50 bits per heavy atom. The van der Waals surface area contributed by atoms with E-state index in [2.05, 4.69) is 56.8 Å². The quantitative estimate of drug-likeness (QED) is 0.369. The minimum atomic E-state index is -0.0633. The highest BCUT2D eigenvalue weighted by molar-refractivity contribution is 7.81. The van der Waals surface area contributed by atoms with Crippen LogP contribution in [0.1, 0.15) is 0 Å². The van der Waals surface area contributed by atoms with E-state index in [4.69, 9.17) is 0 Å². The fraction of sp³-hybridized carbons (Fsp3) is 0.143. The van der Waals surface area contributed by atoms with Gasteiger partial charge in [0.2, 0.25) is 0 Å². The monoisotopic (exact) mass is 330 g/mol. The molecule has 0 bridgehead atoms. The molecule has 2 aromatic carbocycles. The Labute approximate surface area is 138 Å². The van der Waals surface area contributed by atoms with E-state index in [0.717, 1.165) is 34.1 Å². The van der Waals surface area contributed by atoms with Gasteiger partial charge < -0.3 is 21.3 Å². The van der Waals surface area contributed by atoms with Gasteiger partial charge in [-0.25, -0.2) is 0 Å². The van der Waals surface area contributed by atoms with Crippen molar-refractivity contribution >= 4 is 59.4 Å². The van der Waals surface area contributed by atoms with Crippen LogP contribution >= 0.6 is 25.3 Å². The Kier molecular flexibility index (Phi) is 3.27. The van der Waals surface area contributed by atoms with Gasteiger partial charge in [-0.15, -0.1) is 25.3 Å². The number of azo groups is 1. The highest BCUT2D eigenvalue weighted by Gasteiger charge is 2.17. The highest BCUT2D eigenvalue weighted by atomic mass is 32.1. The molecule has 6 nitrogen and oxygen atoms in total. The molecule has 0 radical (unpaired) electrons. The number of anilines is 4. The summed E-state index contributed by atoms with van der Waals surface area (Å²) in [5, 5.41) is 21.4. The molecule has 0 aromatic heterocycles. The number of nitrogens with one attached hydrogen (secondary N) is 4. The Morgan fingerprint density at radius 1 is 0.636 bits per heavy atom. The van der Waals surface area contributed by atoms with Gasteiger partial charge in [-0.05, 0) is 36.4 Å². The molecule has 2 unspecified atom stereocenters. The summed E-state index contributed by atoms with van der Waals surface area (Å²) < 4.78 is 0. The molecule has 2 aromatic rings. The van der Waals surface area contributed by atoms with Crippen molar-refractivity contribution in [1.82, 2.24) is 0 Å². The number of hydrogen-bond acceptors (Lipinski definition) is 8. The van der Waals surface area contributed by atoms with Crippen LogP contribution in [-0.4, -0.2) is 11.0 Å². The number of fused-ring (bicyclic) bond motifs is 2. The fourth-order valence-electron chi connectivity index (χ4n) is 2.46. The van der Waals surface area contributed by atoms with Crippen LogP contribution in [0.2, 0.25) is 0 Å². The Hall–Kier alpha value is -2.06. The molecule has 0 aliphatic carbocycles. The van der Waals surface area contributed by atoms with Gasteiger partial charge in [-0.2, -0.15) is 10.2 Å². The molecule has 2 atom stereocenters. The fourth-order valence-corrected chi connectivity index (χ4v) is 3.01. The molecule has 0 fully saturated rings. The predicted molar refractivity (Wildman–Crippen MR) is 97.1 cm³/mol. The number of hydrogen-bond donors (Lipinski definition) is 6. The minimum absolute atomic E-state index is 0.0633. The first-order chi connectivity index (χ1) is 10.7. The number of benzene rings is 2. The normalized spacial score (nSPS) is 21.5. The zero-order valence-corrected chi connectivity index (χ0v) is 13.2. The Morgan fingerprint density at radius 2 is 1.05 bits per heavy atom. The van der Waals surface area contributed by atoms with Crippen molar-refractivity contribution in [3.8, 4) is 0 Å². The van der Waals surface area contributed by atoms with E-state index in [9.17, 15) is 0 Å².